The molecular weight excluding hydrogens is 745 g/mol. The lowest BCUT2D eigenvalue weighted by Gasteiger charge is -2.34. The molecular formula is C50H66N8O2. The second kappa shape index (κ2) is 19.3. The minimum atomic E-state index is -0.284. The van der Waals surface area contributed by atoms with Gasteiger partial charge in [-0.2, -0.15) is 0 Å². The van der Waals surface area contributed by atoms with Crippen LogP contribution in [0.3, 0.4) is 0 Å². The monoisotopic (exact) mass is 811 g/mol. The van der Waals surface area contributed by atoms with Crippen LogP contribution in [0.2, 0.25) is 0 Å². The third kappa shape index (κ3) is 8.68. The average Bonchev–Trinajstić information content (AvgIpc) is 4.15. The van der Waals surface area contributed by atoms with Crippen LogP contribution < -0.4 is 0 Å². The third-order valence-corrected chi connectivity index (χ3v) is 14.2. The molecule has 0 spiro atoms. The van der Waals surface area contributed by atoms with Crippen molar-refractivity contribution < 1.29 is 9.59 Å². The van der Waals surface area contributed by atoms with E-state index >= 15 is 0 Å². The number of hydrogen-bond donors (Lipinski definition) is 2. The Hall–Kier alpha value is -4.80. The van der Waals surface area contributed by atoms with Crippen LogP contribution in [-0.4, -0.2) is 90.6 Å². The summed E-state index contributed by atoms with van der Waals surface area (Å²) >= 11 is 0. The highest BCUT2D eigenvalue weighted by Gasteiger charge is 2.40. The predicted octanol–water partition coefficient (Wildman–Crippen LogP) is 9.69. The molecule has 2 aromatic carbocycles. The lowest BCUT2D eigenvalue weighted by atomic mass is 9.74. The topological polar surface area (TPSA) is 104 Å². The Labute approximate surface area is 357 Å². The second-order valence-corrected chi connectivity index (χ2v) is 17.3. The van der Waals surface area contributed by atoms with Crippen LogP contribution in [0.15, 0.2) is 85.2 Å². The van der Waals surface area contributed by atoms with Gasteiger partial charge in [0.05, 0.1) is 35.9 Å². The van der Waals surface area contributed by atoms with Gasteiger partial charge < -0.3 is 19.8 Å². The number of imidazole rings is 2. The van der Waals surface area contributed by atoms with Crippen molar-refractivity contribution in [3.05, 3.63) is 119 Å². The summed E-state index contributed by atoms with van der Waals surface area (Å²) in [7, 11) is 0. The summed E-state index contributed by atoms with van der Waals surface area (Å²) in [6, 6.07) is 19.9. The van der Waals surface area contributed by atoms with E-state index in [9.17, 15) is 9.59 Å². The van der Waals surface area contributed by atoms with Crippen molar-refractivity contribution in [1.82, 2.24) is 39.5 Å². The molecule has 2 aliphatic heterocycles. The van der Waals surface area contributed by atoms with E-state index in [0.717, 1.165) is 125 Å². The standard InChI is InChI=1S/C50H66N8O2/c1-5-55(6-2)45(39-17-11-9-12-18-39)49(59)57-31-15-21-43(57)47-51-33-41(53-47)37-27-23-35(24-28-37)36-25-29-38(30-26-36)42-34-52-48(54-42)44-22-16-32-58(44)50(60)46(56(7-3)8-4)40-19-13-10-14-20-40/h9-14,17-20,27,29,33-36,43-46H,5-8,15-16,21-26,28,30-32H2,1-4H3,(H,51,53)(H,52,54)/t35?,36?,43-,44-,45+,46+/m0/s1. The summed E-state index contributed by atoms with van der Waals surface area (Å²) < 4.78 is 0. The van der Waals surface area contributed by atoms with Crippen molar-refractivity contribution in [3.63, 3.8) is 0 Å². The highest BCUT2D eigenvalue weighted by Crippen LogP contribution is 2.42. The number of aromatic amines is 2. The van der Waals surface area contributed by atoms with Crippen LogP contribution in [-0.2, 0) is 9.59 Å². The highest BCUT2D eigenvalue weighted by molar-refractivity contribution is 5.84. The van der Waals surface area contributed by atoms with E-state index in [1.165, 1.54) is 24.0 Å². The van der Waals surface area contributed by atoms with E-state index in [4.69, 9.17) is 9.97 Å². The zero-order chi connectivity index (χ0) is 41.6. The fourth-order valence-electron chi connectivity index (χ4n) is 10.8. The van der Waals surface area contributed by atoms with Crippen LogP contribution in [0.25, 0.3) is 11.1 Å². The Kier molecular flexibility index (Phi) is 13.5. The number of hydrogen-bond acceptors (Lipinski definition) is 6. The van der Waals surface area contributed by atoms with E-state index in [2.05, 4.69) is 93.7 Å². The molecule has 4 aromatic rings. The maximum absolute atomic E-state index is 14.3. The van der Waals surface area contributed by atoms with Crippen molar-refractivity contribution in [2.45, 2.75) is 116 Å². The number of carbonyl (C=O) groups excluding carboxylic acids is 2. The zero-order valence-corrected chi connectivity index (χ0v) is 36.4. The van der Waals surface area contributed by atoms with E-state index in [1.54, 1.807) is 0 Å². The highest BCUT2D eigenvalue weighted by atomic mass is 16.2. The number of likely N-dealkylation sites (N-methyl/N-ethyl adjacent to an activating group) is 2. The first kappa shape index (κ1) is 41.9. The number of benzene rings is 2. The van der Waals surface area contributed by atoms with E-state index < -0.39 is 0 Å². The first-order valence-electron chi connectivity index (χ1n) is 23.1. The van der Waals surface area contributed by atoms with Crippen molar-refractivity contribution >= 4 is 23.0 Å². The van der Waals surface area contributed by atoms with Gasteiger partial charge in [0.1, 0.15) is 23.7 Å². The Balaban J connectivity index is 0.881. The summed E-state index contributed by atoms with van der Waals surface area (Å²) in [5.74, 6) is 3.54. The number of nitrogens with zero attached hydrogens (tertiary/aromatic N) is 6. The van der Waals surface area contributed by atoms with Gasteiger partial charge in [-0.05, 0) is 124 Å². The zero-order valence-electron chi connectivity index (χ0n) is 36.4. The maximum atomic E-state index is 14.3. The van der Waals surface area contributed by atoms with Crippen LogP contribution >= 0.6 is 0 Å². The molecule has 318 valence electrons. The Morgan fingerprint density at radius 1 is 0.617 bits per heavy atom. The molecule has 0 saturated carbocycles. The molecule has 8 rings (SSSR count). The van der Waals surface area contributed by atoms with E-state index in [0.29, 0.717) is 11.8 Å². The molecule has 0 bridgehead atoms. The molecule has 60 heavy (non-hydrogen) atoms. The summed E-state index contributed by atoms with van der Waals surface area (Å²) in [5.41, 5.74) is 7.05. The van der Waals surface area contributed by atoms with Crippen LogP contribution in [0, 0.1) is 11.8 Å². The van der Waals surface area contributed by atoms with Gasteiger partial charge >= 0.3 is 0 Å². The molecule has 2 fully saturated rings. The van der Waals surface area contributed by atoms with Crippen molar-refractivity contribution in [2.75, 3.05) is 39.3 Å². The molecule has 10 heteroatoms. The number of rotatable bonds is 15. The number of amides is 2. The quantitative estimate of drug-likeness (QED) is 0.124. The summed E-state index contributed by atoms with van der Waals surface area (Å²) in [5, 5.41) is 0. The number of allylic oxidation sites excluding steroid dienone is 4. The third-order valence-electron chi connectivity index (χ3n) is 14.2. The van der Waals surface area contributed by atoms with Crippen molar-refractivity contribution in [3.8, 4) is 0 Å². The number of H-pyrrole nitrogens is 2. The van der Waals surface area contributed by atoms with Crippen LogP contribution in [0.4, 0.5) is 0 Å². The van der Waals surface area contributed by atoms with Crippen LogP contribution in [0.1, 0.15) is 150 Å². The minimum absolute atomic E-state index is 0.0247. The Morgan fingerprint density at radius 2 is 1.02 bits per heavy atom. The van der Waals surface area contributed by atoms with Gasteiger partial charge in [-0.1, -0.05) is 101 Å². The summed E-state index contributed by atoms with van der Waals surface area (Å²) in [4.78, 5) is 54.4. The number of likely N-dealkylation sites (tertiary alicyclic amines) is 2. The average molecular weight is 811 g/mol. The smallest absolute Gasteiger partial charge is 0.245 e. The summed E-state index contributed by atoms with van der Waals surface area (Å²) in [6.07, 6.45) is 19.4. The SMILES string of the molecule is CCN(CC)[C@@H](C(=O)N1CCC[C@H]1c1ncc(C2=CCC(C3CC=C(c4cnc([C@@H]5CCCN5C(=O)[C@@H](c5ccccc5)N(CC)CC)[nH]4)CC3)CC2)[nH]1)c1ccccc1. The van der Waals surface area contributed by atoms with Gasteiger partial charge in [0.15, 0.2) is 0 Å². The lowest BCUT2D eigenvalue weighted by Crippen LogP contribution is -2.43. The first-order valence-corrected chi connectivity index (χ1v) is 23.1. The molecule has 2 aromatic heterocycles. The van der Waals surface area contributed by atoms with E-state index in [-0.39, 0.29) is 36.0 Å². The fraction of sp³-hybridized carbons (Fsp3) is 0.520. The molecule has 0 radical (unpaired) electrons. The van der Waals surface area contributed by atoms with Crippen LogP contribution in [0.5, 0.6) is 0 Å². The Bertz CT molecular complexity index is 1950. The second-order valence-electron chi connectivity index (χ2n) is 17.3. The molecule has 4 aliphatic rings. The number of carbonyl (C=O) groups is 2. The van der Waals surface area contributed by atoms with E-state index in [1.807, 2.05) is 48.8 Å². The lowest BCUT2D eigenvalue weighted by molar-refractivity contribution is -0.139. The molecule has 6 atom stereocenters. The molecule has 10 nitrogen and oxygen atoms in total. The predicted molar refractivity (Wildman–Crippen MR) is 239 cm³/mol. The summed E-state index contributed by atoms with van der Waals surface area (Å²) in [6.45, 7) is 13.4. The van der Waals surface area contributed by atoms with Crippen molar-refractivity contribution in [2.24, 2.45) is 11.8 Å². The molecule has 4 heterocycles. The van der Waals surface area contributed by atoms with Gasteiger partial charge in [-0.3, -0.25) is 19.4 Å². The minimum Gasteiger partial charge on any atom is -0.341 e. The van der Waals surface area contributed by atoms with Gasteiger partial charge in [-0.25, -0.2) is 9.97 Å². The normalized spacial score (nSPS) is 23.2. The largest absolute Gasteiger partial charge is 0.341 e. The Morgan fingerprint density at radius 3 is 1.37 bits per heavy atom. The van der Waals surface area contributed by atoms with Gasteiger partial charge in [0.25, 0.3) is 0 Å². The van der Waals surface area contributed by atoms with Gasteiger partial charge in [0, 0.05) is 13.1 Å². The molecule has 2 saturated heterocycles. The molecule has 2 N–H and O–H groups in total. The van der Waals surface area contributed by atoms with Crippen molar-refractivity contribution in [1.29, 1.82) is 0 Å². The van der Waals surface area contributed by atoms with Gasteiger partial charge in [0.2, 0.25) is 11.8 Å². The first-order chi connectivity index (χ1) is 29.4. The number of aromatic nitrogens is 4. The van der Waals surface area contributed by atoms with Gasteiger partial charge in [-0.15, -0.1) is 0 Å². The number of nitrogens with one attached hydrogen (secondary N) is 2. The molecule has 2 amide bonds. The molecule has 2 unspecified atom stereocenters. The fourth-order valence-corrected chi connectivity index (χ4v) is 10.8. The maximum Gasteiger partial charge on any atom is 0.245 e. The molecule has 2 aliphatic carbocycles.